The summed E-state index contributed by atoms with van der Waals surface area (Å²) in [6.07, 6.45) is 4.02. The summed E-state index contributed by atoms with van der Waals surface area (Å²) in [6, 6.07) is 11.5. The zero-order valence-electron chi connectivity index (χ0n) is 12.5. The van der Waals surface area contributed by atoms with Crippen molar-refractivity contribution in [3.8, 4) is 0 Å². The minimum absolute atomic E-state index is 0.186. The minimum Gasteiger partial charge on any atom is -0.301 e. The minimum atomic E-state index is -0.186. The number of rotatable bonds is 4. The van der Waals surface area contributed by atoms with Gasteiger partial charge in [0.05, 0.1) is 11.7 Å². The lowest BCUT2D eigenvalue weighted by molar-refractivity contribution is 0.358. The molecule has 0 saturated carbocycles. The fraction of sp³-hybridized carbons (Fsp3) is 0.389. The lowest BCUT2D eigenvalue weighted by Crippen LogP contribution is -2.29. The van der Waals surface area contributed by atoms with Crippen molar-refractivity contribution < 1.29 is 4.39 Å². The van der Waals surface area contributed by atoms with Crippen LogP contribution >= 0.6 is 0 Å². The van der Waals surface area contributed by atoms with Gasteiger partial charge < -0.3 is 5.32 Å². The lowest BCUT2D eigenvalue weighted by Gasteiger charge is -2.27. The van der Waals surface area contributed by atoms with E-state index >= 15 is 0 Å². The molecule has 2 atom stereocenters. The standard InChI is InChI=1S/C18H21FN2/c1-12(2)17(14-5-8-15(19)9-6-14)21-16-10-7-13-4-3-11-20-18(13)16/h3-6,8-9,11-12,16-17,21H,7,10H2,1-2H3. The third-order valence-corrected chi connectivity index (χ3v) is 4.24. The van der Waals surface area contributed by atoms with E-state index in [4.69, 9.17) is 0 Å². The van der Waals surface area contributed by atoms with Crippen LogP contribution in [0.1, 0.15) is 49.2 Å². The van der Waals surface area contributed by atoms with Crippen LogP contribution in [0.4, 0.5) is 4.39 Å². The normalized spacial score (nSPS) is 18.8. The van der Waals surface area contributed by atoms with Gasteiger partial charge in [-0.2, -0.15) is 0 Å². The van der Waals surface area contributed by atoms with E-state index in [9.17, 15) is 4.39 Å². The van der Waals surface area contributed by atoms with Gasteiger partial charge in [-0.05, 0) is 48.1 Å². The predicted octanol–water partition coefficient (Wildman–Crippen LogP) is 4.19. The Kier molecular flexibility index (Phi) is 4.02. The smallest absolute Gasteiger partial charge is 0.123 e. The molecule has 0 saturated heterocycles. The van der Waals surface area contributed by atoms with E-state index < -0.39 is 0 Å². The number of benzene rings is 1. The highest BCUT2D eigenvalue weighted by atomic mass is 19.1. The Hall–Kier alpha value is -1.74. The Morgan fingerprint density at radius 3 is 2.67 bits per heavy atom. The van der Waals surface area contributed by atoms with E-state index in [-0.39, 0.29) is 11.9 Å². The number of pyridine rings is 1. The highest BCUT2D eigenvalue weighted by Gasteiger charge is 2.27. The van der Waals surface area contributed by atoms with Crippen molar-refractivity contribution in [2.45, 2.75) is 38.8 Å². The van der Waals surface area contributed by atoms with Gasteiger partial charge in [0.25, 0.3) is 0 Å². The maximum Gasteiger partial charge on any atom is 0.123 e. The largest absolute Gasteiger partial charge is 0.301 e. The van der Waals surface area contributed by atoms with Crippen molar-refractivity contribution in [2.75, 3.05) is 0 Å². The monoisotopic (exact) mass is 284 g/mol. The van der Waals surface area contributed by atoms with Gasteiger partial charge in [0.1, 0.15) is 5.82 Å². The molecule has 1 aliphatic rings. The van der Waals surface area contributed by atoms with Crippen molar-refractivity contribution in [1.82, 2.24) is 10.3 Å². The molecule has 1 aromatic carbocycles. The van der Waals surface area contributed by atoms with Crippen molar-refractivity contribution >= 4 is 0 Å². The van der Waals surface area contributed by atoms with Crippen LogP contribution in [0.3, 0.4) is 0 Å². The number of halogens is 1. The van der Waals surface area contributed by atoms with Gasteiger partial charge in [0.15, 0.2) is 0 Å². The highest BCUT2D eigenvalue weighted by Crippen LogP contribution is 2.33. The van der Waals surface area contributed by atoms with Gasteiger partial charge in [-0.1, -0.05) is 32.0 Å². The summed E-state index contributed by atoms with van der Waals surface area (Å²) in [6.45, 7) is 4.38. The molecule has 2 unspecified atom stereocenters. The van der Waals surface area contributed by atoms with E-state index in [0.717, 1.165) is 18.4 Å². The molecule has 0 spiro atoms. The number of aromatic nitrogens is 1. The van der Waals surface area contributed by atoms with Crippen molar-refractivity contribution in [1.29, 1.82) is 0 Å². The fourth-order valence-electron chi connectivity index (χ4n) is 3.14. The molecular formula is C18H21FN2. The van der Waals surface area contributed by atoms with E-state index in [1.54, 1.807) is 0 Å². The average Bonchev–Trinajstić information content (AvgIpc) is 2.89. The van der Waals surface area contributed by atoms with Crippen LogP contribution < -0.4 is 5.32 Å². The molecule has 3 heteroatoms. The molecule has 0 amide bonds. The molecule has 1 N–H and O–H groups in total. The Bertz CT molecular complexity index is 607. The lowest BCUT2D eigenvalue weighted by atomic mass is 9.95. The van der Waals surface area contributed by atoms with Crippen LogP contribution in [0.25, 0.3) is 0 Å². The number of nitrogens with one attached hydrogen (secondary N) is 1. The Labute approximate surface area is 125 Å². The number of hydrogen-bond donors (Lipinski definition) is 1. The van der Waals surface area contributed by atoms with Crippen LogP contribution in [0, 0.1) is 11.7 Å². The molecule has 110 valence electrons. The Balaban J connectivity index is 1.82. The molecule has 0 aliphatic heterocycles. The van der Waals surface area contributed by atoms with Crippen LogP contribution in [0.5, 0.6) is 0 Å². The molecule has 0 fully saturated rings. The van der Waals surface area contributed by atoms with Crippen LogP contribution in [0.15, 0.2) is 42.6 Å². The zero-order chi connectivity index (χ0) is 14.8. The summed E-state index contributed by atoms with van der Waals surface area (Å²) >= 11 is 0. The van der Waals surface area contributed by atoms with Crippen molar-refractivity contribution in [2.24, 2.45) is 5.92 Å². The zero-order valence-corrected chi connectivity index (χ0v) is 12.5. The molecule has 1 aliphatic carbocycles. The van der Waals surface area contributed by atoms with Gasteiger partial charge in [-0.25, -0.2) is 4.39 Å². The van der Waals surface area contributed by atoms with Gasteiger partial charge in [-0.15, -0.1) is 0 Å². The van der Waals surface area contributed by atoms with Gasteiger partial charge in [0, 0.05) is 12.2 Å². The molecule has 1 aromatic heterocycles. The summed E-state index contributed by atoms with van der Waals surface area (Å²) in [5, 5.41) is 3.72. The summed E-state index contributed by atoms with van der Waals surface area (Å²) in [5.41, 5.74) is 3.65. The average molecular weight is 284 g/mol. The fourth-order valence-corrected chi connectivity index (χ4v) is 3.14. The van der Waals surface area contributed by atoms with E-state index in [1.165, 1.54) is 23.4 Å². The summed E-state index contributed by atoms with van der Waals surface area (Å²) in [4.78, 5) is 4.54. The Morgan fingerprint density at radius 2 is 1.95 bits per heavy atom. The van der Waals surface area contributed by atoms with Gasteiger partial charge in [0.2, 0.25) is 0 Å². The Morgan fingerprint density at radius 1 is 1.19 bits per heavy atom. The van der Waals surface area contributed by atoms with E-state index in [0.29, 0.717) is 12.0 Å². The number of aryl methyl sites for hydroxylation is 1. The topological polar surface area (TPSA) is 24.9 Å². The molecule has 21 heavy (non-hydrogen) atoms. The molecular weight excluding hydrogens is 263 g/mol. The van der Waals surface area contributed by atoms with Crippen LogP contribution in [-0.4, -0.2) is 4.98 Å². The second kappa shape index (κ2) is 5.94. The highest BCUT2D eigenvalue weighted by molar-refractivity contribution is 5.29. The molecule has 1 heterocycles. The van der Waals surface area contributed by atoms with Crippen LogP contribution in [0.2, 0.25) is 0 Å². The second-order valence-corrected chi connectivity index (χ2v) is 6.08. The number of hydrogen-bond acceptors (Lipinski definition) is 2. The quantitative estimate of drug-likeness (QED) is 0.910. The maximum atomic E-state index is 13.1. The van der Waals surface area contributed by atoms with Gasteiger partial charge >= 0.3 is 0 Å². The maximum absolute atomic E-state index is 13.1. The molecule has 0 radical (unpaired) electrons. The summed E-state index contributed by atoms with van der Waals surface area (Å²) in [7, 11) is 0. The first kappa shape index (κ1) is 14.2. The van der Waals surface area contributed by atoms with Crippen LogP contribution in [-0.2, 0) is 6.42 Å². The third-order valence-electron chi connectivity index (χ3n) is 4.24. The first-order valence-corrected chi connectivity index (χ1v) is 7.60. The third kappa shape index (κ3) is 2.98. The molecule has 2 aromatic rings. The number of fused-ring (bicyclic) bond motifs is 1. The predicted molar refractivity (Wildman–Crippen MR) is 82.4 cm³/mol. The first-order chi connectivity index (χ1) is 10.1. The molecule has 3 rings (SSSR count). The molecule has 2 nitrogen and oxygen atoms in total. The van der Waals surface area contributed by atoms with Crippen molar-refractivity contribution in [3.05, 3.63) is 65.2 Å². The van der Waals surface area contributed by atoms with Crippen molar-refractivity contribution in [3.63, 3.8) is 0 Å². The van der Waals surface area contributed by atoms with E-state index in [1.807, 2.05) is 24.4 Å². The second-order valence-electron chi connectivity index (χ2n) is 6.08. The SMILES string of the molecule is CC(C)C(NC1CCc2cccnc21)c1ccc(F)cc1. The molecule has 0 bridgehead atoms. The summed E-state index contributed by atoms with van der Waals surface area (Å²) in [5.74, 6) is 0.248. The van der Waals surface area contributed by atoms with Gasteiger partial charge in [-0.3, -0.25) is 4.98 Å². The summed E-state index contributed by atoms with van der Waals surface area (Å²) < 4.78 is 13.1. The first-order valence-electron chi connectivity index (χ1n) is 7.60. The van der Waals surface area contributed by atoms with E-state index in [2.05, 4.69) is 30.2 Å². The number of nitrogens with zero attached hydrogens (tertiary/aromatic N) is 1.